The second-order valence-corrected chi connectivity index (χ2v) is 6.67. The lowest BCUT2D eigenvalue weighted by atomic mass is 9.89. The Morgan fingerprint density at radius 2 is 1.80 bits per heavy atom. The highest BCUT2D eigenvalue weighted by Gasteiger charge is 2.44. The molecule has 1 saturated carbocycles. The summed E-state index contributed by atoms with van der Waals surface area (Å²) in [7, 11) is 0. The van der Waals surface area contributed by atoms with Crippen LogP contribution < -0.4 is 10.6 Å². The lowest BCUT2D eigenvalue weighted by Gasteiger charge is -2.32. The first kappa shape index (κ1) is 15.8. The summed E-state index contributed by atoms with van der Waals surface area (Å²) in [5, 5.41) is 14.7. The van der Waals surface area contributed by atoms with E-state index in [1.54, 1.807) is 18.2 Å². The first-order valence-electron chi connectivity index (χ1n) is 8.24. The number of aliphatic hydroxyl groups excluding tert-OH is 1. The van der Waals surface area contributed by atoms with E-state index in [0.717, 1.165) is 4.90 Å². The molecule has 130 valence electrons. The topological polar surface area (TPSA) is 116 Å². The van der Waals surface area contributed by atoms with Gasteiger partial charge in [0.05, 0.1) is 17.2 Å². The number of anilines is 1. The number of rotatable bonds is 3. The minimum absolute atomic E-state index is 0.0978. The van der Waals surface area contributed by atoms with Gasteiger partial charge in [-0.15, -0.1) is 0 Å². The van der Waals surface area contributed by atoms with Crippen molar-refractivity contribution in [3.05, 3.63) is 29.3 Å². The number of amides is 4. The summed E-state index contributed by atoms with van der Waals surface area (Å²) in [6, 6.07) is 4.07. The molecule has 0 spiro atoms. The fourth-order valence-electron chi connectivity index (χ4n) is 3.50. The average molecular weight is 343 g/mol. The van der Waals surface area contributed by atoms with Gasteiger partial charge in [-0.1, -0.05) is 0 Å². The molecule has 1 atom stereocenters. The minimum Gasteiger partial charge on any atom is -0.393 e. The third-order valence-electron chi connectivity index (χ3n) is 4.92. The van der Waals surface area contributed by atoms with Crippen LogP contribution in [0.15, 0.2) is 18.2 Å². The normalized spacial score (nSPS) is 28.5. The van der Waals surface area contributed by atoms with E-state index in [1.165, 1.54) is 0 Å². The van der Waals surface area contributed by atoms with Gasteiger partial charge in [-0.2, -0.15) is 0 Å². The number of nitrogens with one attached hydrogen (secondary N) is 2. The maximum Gasteiger partial charge on any atom is 0.262 e. The van der Waals surface area contributed by atoms with Crippen LogP contribution in [-0.4, -0.2) is 51.8 Å². The second kappa shape index (κ2) is 5.66. The molecule has 8 heteroatoms. The number of aliphatic hydroxyl groups is 1. The van der Waals surface area contributed by atoms with Crippen molar-refractivity contribution in [3.8, 4) is 0 Å². The van der Waals surface area contributed by atoms with Gasteiger partial charge in [0.15, 0.2) is 0 Å². The number of piperidine rings is 1. The van der Waals surface area contributed by atoms with Crippen LogP contribution in [0.1, 0.15) is 46.4 Å². The minimum atomic E-state index is -0.955. The van der Waals surface area contributed by atoms with Gasteiger partial charge in [0.25, 0.3) is 11.8 Å². The van der Waals surface area contributed by atoms with Gasteiger partial charge in [0.2, 0.25) is 11.8 Å². The van der Waals surface area contributed by atoms with Crippen LogP contribution in [0.3, 0.4) is 0 Å². The predicted octanol–water partition coefficient (Wildman–Crippen LogP) is 0.0230. The Morgan fingerprint density at radius 1 is 1.08 bits per heavy atom. The summed E-state index contributed by atoms with van der Waals surface area (Å²) < 4.78 is 0. The van der Waals surface area contributed by atoms with Crippen molar-refractivity contribution < 1.29 is 24.3 Å². The SMILES string of the molecule is O=C1CCC(N2C(=O)c3ccc(NC4CC(O)C4)cc3C2=O)C(=O)N1. The molecule has 2 heterocycles. The largest absolute Gasteiger partial charge is 0.393 e. The van der Waals surface area contributed by atoms with Crippen molar-refractivity contribution in [2.45, 2.75) is 43.9 Å². The molecule has 1 saturated heterocycles. The summed E-state index contributed by atoms with van der Waals surface area (Å²) >= 11 is 0. The highest BCUT2D eigenvalue weighted by molar-refractivity contribution is 6.23. The van der Waals surface area contributed by atoms with Gasteiger partial charge in [0, 0.05) is 18.2 Å². The quantitative estimate of drug-likeness (QED) is 0.667. The van der Waals surface area contributed by atoms with Gasteiger partial charge < -0.3 is 10.4 Å². The van der Waals surface area contributed by atoms with Crippen molar-refractivity contribution in [2.75, 3.05) is 5.32 Å². The van der Waals surface area contributed by atoms with Gasteiger partial charge >= 0.3 is 0 Å². The van der Waals surface area contributed by atoms with Gasteiger partial charge in [-0.25, -0.2) is 0 Å². The number of imide groups is 2. The molecular weight excluding hydrogens is 326 g/mol. The van der Waals surface area contributed by atoms with E-state index in [0.29, 0.717) is 18.5 Å². The Kier molecular flexibility index (Phi) is 3.57. The summed E-state index contributed by atoms with van der Waals surface area (Å²) in [6.07, 6.45) is 1.23. The molecule has 4 rings (SSSR count). The number of benzene rings is 1. The van der Waals surface area contributed by atoms with E-state index < -0.39 is 29.7 Å². The lowest BCUT2D eigenvalue weighted by Crippen LogP contribution is -2.54. The van der Waals surface area contributed by atoms with Crippen LogP contribution >= 0.6 is 0 Å². The Labute approximate surface area is 143 Å². The zero-order chi connectivity index (χ0) is 17.7. The van der Waals surface area contributed by atoms with E-state index in [1.807, 2.05) is 0 Å². The molecule has 1 aromatic carbocycles. The maximum absolute atomic E-state index is 12.7. The molecule has 8 nitrogen and oxygen atoms in total. The number of hydrogen-bond acceptors (Lipinski definition) is 6. The molecular formula is C17H17N3O5. The zero-order valence-electron chi connectivity index (χ0n) is 13.3. The Balaban J connectivity index is 1.57. The number of carbonyl (C=O) groups is 4. The number of nitrogens with zero attached hydrogens (tertiary/aromatic N) is 1. The first-order valence-corrected chi connectivity index (χ1v) is 8.24. The highest BCUT2D eigenvalue weighted by atomic mass is 16.3. The summed E-state index contributed by atoms with van der Waals surface area (Å²) in [5.41, 5.74) is 1.20. The molecule has 1 aromatic rings. The van der Waals surface area contributed by atoms with Gasteiger partial charge in [-0.05, 0) is 37.5 Å². The third kappa shape index (κ3) is 2.58. The van der Waals surface area contributed by atoms with E-state index >= 15 is 0 Å². The van der Waals surface area contributed by atoms with E-state index in [9.17, 15) is 24.3 Å². The molecule has 2 fully saturated rings. The van der Waals surface area contributed by atoms with Crippen LogP contribution in [0, 0.1) is 0 Å². The maximum atomic E-state index is 12.7. The summed E-state index contributed by atoms with van der Waals surface area (Å²) in [6.45, 7) is 0. The highest BCUT2D eigenvalue weighted by Crippen LogP contribution is 2.31. The van der Waals surface area contributed by atoms with Gasteiger partial charge in [-0.3, -0.25) is 29.4 Å². The Morgan fingerprint density at radius 3 is 2.48 bits per heavy atom. The summed E-state index contributed by atoms with van der Waals surface area (Å²) in [5.74, 6) is -2.05. The van der Waals surface area contributed by atoms with Crippen molar-refractivity contribution in [3.63, 3.8) is 0 Å². The average Bonchev–Trinajstić information content (AvgIpc) is 2.78. The van der Waals surface area contributed by atoms with Crippen molar-refractivity contribution in [1.29, 1.82) is 0 Å². The molecule has 3 aliphatic rings. The molecule has 0 radical (unpaired) electrons. The lowest BCUT2D eigenvalue weighted by molar-refractivity contribution is -0.136. The molecule has 2 aliphatic heterocycles. The molecule has 3 N–H and O–H groups in total. The van der Waals surface area contributed by atoms with Crippen LogP contribution in [0.5, 0.6) is 0 Å². The van der Waals surface area contributed by atoms with E-state index in [4.69, 9.17) is 0 Å². The van der Waals surface area contributed by atoms with E-state index in [-0.39, 0.29) is 36.1 Å². The second-order valence-electron chi connectivity index (χ2n) is 6.67. The van der Waals surface area contributed by atoms with Crippen molar-refractivity contribution in [1.82, 2.24) is 10.2 Å². The van der Waals surface area contributed by atoms with Crippen molar-refractivity contribution in [2.24, 2.45) is 0 Å². The molecule has 1 aliphatic carbocycles. The predicted molar refractivity (Wildman–Crippen MR) is 85.8 cm³/mol. The standard InChI is InChI=1S/C17H17N3O5/c21-10-5-9(6-10)18-8-1-2-11-12(7-8)17(25)20(16(11)24)13-3-4-14(22)19-15(13)23/h1-2,7,9-10,13,18,21H,3-6H2,(H,19,22,23). The molecule has 4 amide bonds. The molecule has 1 unspecified atom stereocenters. The van der Waals surface area contributed by atoms with Gasteiger partial charge in [0.1, 0.15) is 6.04 Å². The number of fused-ring (bicyclic) bond motifs is 1. The van der Waals surface area contributed by atoms with E-state index in [2.05, 4.69) is 10.6 Å². The van der Waals surface area contributed by atoms with Crippen LogP contribution in [0.4, 0.5) is 5.69 Å². The summed E-state index contributed by atoms with van der Waals surface area (Å²) in [4.78, 5) is 49.5. The number of hydrogen-bond donors (Lipinski definition) is 3. The van der Waals surface area contributed by atoms with Crippen LogP contribution in [-0.2, 0) is 9.59 Å². The smallest absolute Gasteiger partial charge is 0.262 e. The molecule has 25 heavy (non-hydrogen) atoms. The Hall–Kier alpha value is -2.74. The first-order chi connectivity index (χ1) is 11.9. The molecule has 0 aromatic heterocycles. The third-order valence-corrected chi connectivity index (χ3v) is 4.92. The zero-order valence-corrected chi connectivity index (χ0v) is 13.3. The van der Waals surface area contributed by atoms with Crippen LogP contribution in [0.2, 0.25) is 0 Å². The fourth-order valence-corrected chi connectivity index (χ4v) is 3.50. The monoisotopic (exact) mass is 343 g/mol. The Bertz CT molecular complexity index is 799. The number of carbonyl (C=O) groups excluding carboxylic acids is 4. The fraction of sp³-hybridized carbons (Fsp3) is 0.412. The van der Waals surface area contributed by atoms with Crippen molar-refractivity contribution >= 4 is 29.3 Å². The molecule has 0 bridgehead atoms. The van der Waals surface area contributed by atoms with Crippen LogP contribution in [0.25, 0.3) is 0 Å².